The van der Waals surface area contributed by atoms with Crippen LogP contribution in [0, 0.1) is 0 Å². The van der Waals surface area contributed by atoms with Crippen LogP contribution in [0.1, 0.15) is 22.8 Å². The quantitative estimate of drug-likeness (QED) is 0.792. The molecule has 2 aromatic rings. The number of aromatic nitrogens is 1. The van der Waals surface area contributed by atoms with Crippen molar-refractivity contribution in [1.82, 2.24) is 4.98 Å². The third-order valence-electron chi connectivity index (χ3n) is 2.42. The smallest absolute Gasteiger partial charge is 0.194 e. The van der Waals surface area contributed by atoms with Crippen molar-refractivity contribution in [2.45, 2.75) is 6.92 Å². The number of carbonyl (C=O) groups excluding carboxylic acids is 1. The summed E-state index contributed by atoms with van der Waals surface area (Å²) in [7, 11) is 0. The highest BCUT2D eigenvalue weighted by Crippen LogP contribution is 2.20. The first-order valence-electron chi connectivity index (χ1n) is 5.59. The maximum absolute atomic E-state index is 12.3. The fourth-order valence-electron chi connectivity index (χ4n) is 1.61. The molecule has 0 saturated heterocycles. The summed E-state index contributed by atoms with van der Waals surface area (Å²) in [4.78, 5) is 16.1. The van der Waals surface area contributed by atoms with E-state index in [2.05, 4.69) is 4.98 Å². The SMILES string of the molecule is CCOc1cccc(C(=O)c2ccncc2Cl)c1. The van der Waals surface area contributed by atoms with Crippen LogP contribution in [0.3, 0.4) is 0 Å². The van der Waals surface area contributed by atoms with Crippen LogP contribution in [0.5, 0.6) is 5.75 Å². The van der Waals surface area contributed by atoms with E-state index in [9.17, 15) is 4.79 Å². The highest BCUT2D eigenvalue weighted by molar-refractivity contribution is 6.34. The molecule has 0 unspecified atom stereocenters. The van der Waals surface area contributed by atoms with Crippen LogP contribution in [0.15, 0.2) is 42.7 Å². The first-order chi connectivity index (χ1) is 8.72. The molecule has 0 amide bonds. The van der Waals surface area contributed by atoms with E-state index in [1.165, 1.54) is 6.20 Å². The molecule has 1 aromatic heterocycles. The number of hydrogen-bond donors (Lipinski definition) is 0. The fraction of sp³-hybridized carbons (Fsp3) is 0.143. The van der Waals surface area contributed by atoms with E-state index in [1.54, 1.807) is 30.5 Å². The van der Waals surface area contributed by atoms with Gasteiger partial charge in [0.15, 0.2) is 5.78 Å². The highest BCUT2D eigenvalue weighted by Gasteiger charge is 2.13. The minimum atomic E-state index is -0.135. The van der Waals surface area contributed by atoms with Crippen LogP contribution in [0.2, 0.25) is 5.02 Å². The topological polar surface area (TPSA) is 39.2 Å². The van der Waals surface area contributed by atoms with Gasteiger partial charge in [0.05, 0.1) is 11.6 Å². The Bertz CT molecular complexity index is 569. The molecule has 1 heterocycles. The maximum Gasteiger partial charge on any atom is 0.194 e. The van der Waals surface area contributed by atoms with E-state index in [4.69, 9.17) is 16.3 Å². The molecule has 0 atom stereocenters. The predicted octanol–water partition coefficient (Wildman–Crippen LogP) is 3.36. The average molecular weight is 262 g/mol. The summed E-state index contributed by atoms with van der Waals surface area (Å²) in [6.45, 7) is 2.46. The Kier molecular flexibility index (Phi) is 3.95. The molecule has 4 heteroatoms. The van der Waals surface area contributed by atoms with Gasteiger partial charge in [0, 0.05) is 23.5 Å². The average Bonchev–Trinajstić information content (AvgIpc) is 2.39. The monoisotopic (exact) mass is 261 g/mol. The van der Waals surface area contributed by atoms with Crippen molar-refractivity contribution < 1.29 is 9.53 Å². The maximum atomic E-state index is 12.3. The number of pyridine rings is 1. The molecule has 0 aliphatic rings. The molecule has 92 valence electrons. The fourth-order valence-corrected chi connectivity index (χ4v) is 1.81. The Morgan fingerprint density at radius 2 is 2.22 bits per heavy atom. The molecule has 1 aromatic carbocycles. The normalized spacial score (nSPS) is 10.1. The second-order valence-corrected chi connectivity index (χ2v) is 4.05. The molecule has 0 fully saturated rings. The van der Waals surface area contributed by atoms with Crippen molar-refractivity contribution in [1.29, 1.82) is 0 Å². The predicted molar refractivity (Wildman–Crippen MR) is 70.3 cm³/mol. The Balaban J connectivity index is 2.34. The van der Waals surface area contributed by atoms with E-state index in [0.29, 0.717) is 28.5 Å². The summed E-state index contributed by atoms with van der Waals surface area (Å²) < 4.78 is 5.37. The molecule has 2 rings (SSSR count). The van der Waals surface area contributed by atoms with E-state index in [1.807, 2.05) is 13.0 Å². The summed E-state index contributed by atoms with van der Waals surface area (Å²) in [5.74, 6) is 0.539. The molecule has 0 N–H and O–H groups in total. The van der Waals surface area contributed by atoms with Gasteiger partial charge >= 0.3 is 0 Å². The Morgan fingerprint density at radius 3 is 2.94 bits per heavy atom. The molecule has 0 bridgehead atoms. The molecule has 0 aliphatic carbocycles. The van der Waals surface area contributed by atoms with Gasteiger partial charge in [-0.15, -0.1) is 0 Å². The van der Waals surface area contributed by atoms with Gasteiger partial charge in [-0.1, -0.05) is 23.7 Å². The molecule has 0 spiro atoms. The van der Waals surface area contributed by atoms with Crippen LogP contribution < -0.4 is 4.74 Å². The Morgan fingerprint density at radius 1 is 1.39 bits per heavy atom. The van der Waals surface area contributed by atoms with Crippen LogP contribution in [0.25, 0.3) is 0 Å². The van der Waals surface area contributed by atoms with E-state index >= 15 is 0 Å². The summed E-state index contributed by atoms with van der Waals surface area (Å²) in [5.41, 5.74) is 0.995. The number of carbonyl (C=O) groups is 1. The van der Waals surface area contributed by atoms with Crippen LogP contribution in [-0.2, 0) is 0 Å². The zero-order valence-corrected chi connectivity index (χ0v) is 10.6. The van der Waals surface area contributed by atoms with E-state index in [-0.39, 0.29) is 5.78 Å². The Labute approximate surface area is 110 Å². The Hall–Kier alpha value is -1.87. The van der Waals surface area contributed by atoms with Gasteiger partial charge in [-0.2, -0.15) is 0 Å². The van der Waals surface area contributed by atoms with Crippen molar-refractivity contribution in [2.24, 2.45) is 0 Å². The van der Waals surface area contributed by atoms with E-state index in [0.717, 1.165) is 0 Å². The lowest BCUT2D eigenvalue weighted by Crippen LogP contribution is -2.03. The van der Waals surface area contributed by atoms with Crippen LogP contribution in [-0.4, -0.2) is 17.4 Å². The second kappa shape index (κ2) is 5.65. The van der Waals surface area contributed by atoms with E-state index < -0.39 is 0 Å². The number of rotatable bonds is 4. The van der Waals surface area contributed by atoms with Crippen LogP contribution >= 0.6 is 11.6 Å². The van der Waals surface area contributed by atoms with Crippen molar-refractivity contribution in [2.75, 3.05) is 6.61 Å². The molecule has 0 saturated carbocycles. The minimum Gasteiger partial charge on any atom is -0.494 e. The summed E-state index contributed by atoms with van der Waals surface area (Å²) in [5, 5.41) is 0.351. The van der Waals surface area contributed by atoms with Crippen molar-refractivity contribution in [3.05, 3.63) is 58.9 Å². The van der Waals surface area contributed by atoms with Gasteiger partial charge < -0.3 is 4.74 Å². The molecule has 3 nitrogen and oxygen atoms in total. The summed E-state index contributed by atoms with van der Waals surface area (Å²) in [6, 6.07) is 8.66. The first kappa shape index (κ1) is 12.6. The number of ether oxygens (including phenoxy) is 1. The molecule has 0 aliphatic heterocycles. The number of nitrogens with zero attached hydrogens (tertiary/aromatic N) is 1. The van der Waals surface area contributed by atoms with Crippen molar-refractivity contribution in [3.8, 4) is 5.75 Å². The molecular formula is C14H12ClNO2. The molecule has 0 radical (unpaired) electrons. The lowest BCUT2D eigenvalue weighted by Gasteiger charge is -2.06. The van der Waals surface area contributed by atoms with Crippen molar-refractivity contribution >= 4 is 17.4 Å². The van der Waals surface area contributed by atoms with Gasteiger partial charge in [0.2, 0.25) is 0 Å². The third-order valence-corrected chi connectivity index (χ3v) is 2.73. The summed E-state index contributed by atoms with van der Waals surface area (Å²) in [6.07, 6.45) is 3.01. The second-order valence-electron chi connectivity index (χ2n) is 3.65. The van der Waals surface area contributed by atoms with Gasteiger partial charge in [-0.25, -0.2) is 0 Å². The third kappa shape index (κ3) is 2.68. The largest absolute Gasteiger partial charge is 0.494 e. The zero-order valence-electron chi connectivity index (χ0n) is 9.89. The van der Waals surface area contributed by atoms with Gasteiger partial charge in [-0.05, 0) is 25.1 Å². The van der Waals surface area contributed by atoms with Gasteiger partial charge in [0.1, 0.15) is 5.75 Å². The summed E-state index contributed by atoms with van der Waals surface area (Å²) >= 11 is 5.96. The number of hydrogen-bond acceptors (Lipinski definition) is 3. The lowest BCUT2D eigenvalue weighted by atomic mass is 10.0. The number of benzene rings is 1. The van der Waals surface area contributed by atoms with Gasteiger partial charge in [0.25, 0.3) is 0 Å². The first-order valence-corrected chi connectivity index (χ1v) is 5.97. The molecular weight excluding hydrogens is 250 g/mol. The van der Waals surface area contributed by atoms with Gasteiger partial charge in [-0.3, -0.25) is 9.78 Å². The molecule has 18 heavy (non-hydrogen) atoms. The number of halogens is 1. The van der Waals surface area contributed by atoms with Crippen LogP contribution in [0.4, 0.5) is 0 Å². The lowest BCUT2D eigenvalue weighted by molar-refractivity contribution is 0.103. The zero-order chi connectivity index (χ0) is 13.0. The van der Waals surface area contributed by atoms with Crippen molar-refractivity contribution in [3.63, 3.8) is 0 Å². The standard InChI is InChI=1S/C14H12ClNO2/c1-2-18-11-5-3-4-10(8-11)14(17)12-6-7-16-9-13(12)15/h3-9H,2H2,1H3. The number of ketones is 1. The minimum absolute atomic E-state index is 0.135. The highest BCUT2D eigenvalue weighted by atomic mass is 35.5.